The zero-order valence-electron chi connectivity index (χ0n) is 15.3. The van der Waals surface area contributed by atoms with E-state index in [4.69, 9.17) is 16.3 Å². The Hall–Kier alpha value is -3.38. The van der Waals surface area contributed by atoms with Gasteiger partial charge in [0.15, 0.2) is 0 Å². The van der Waals surface area contributed by atoms with Crippen LogP contribution >= 0.6 is 11.6 Å². The fourth-order valence-corrected chi connectivity index (χ4v) is 3.05. The van der Waals surface area contributed by atoms with Crippen molar-refractivity contribution in [2.75, 3.05) is 12.4 Å². The molecule has 0 fully saturated rings. The van der Waals surface area contributed by atoms with Crippen molar-refractivity contribution in [3.63, 3.8) is 0 Å². The van der Waals surface area contributed by atoms with Crippen LogP contribution in [0.4, 0.5) is 5.69 Å². The number of fused-ring (bicyclic) bond motifs is 1. The molecule has 0 atom stereocenters. The number of ether oxygens (including phenoxy) is 1. The molecule has 1 aromatic heterocycles. The Kier molecular flexibility index (Phi) is 4.71. The average Bonchev–Trinajstić information content (AvgIpc) is 3.12. The second-order valence-corrected chi connectivity index (χ2v) is 6.74. The lowest BCUT2D eigenvalue weighted by atomic mass is 10.1. The third-order valence-electron chi connectivity index (χ3n) is 4.32. The Balaban J connectivity index is 1.60. The first-order valence-corrected chi connectivity index (χ1v) is 9.00. The van der Waals surface area contributed by atoms with Gasteiger partial charge >= 0.3 is 0 Å². The summed E-state index contributed by atoms with van der Waals surface area (Å²) in [4.78, 5) is 13.9. The van der Waals surface area contributed by atoms with Crippen LogP contribution in [0.25, 0.3) is 16.7 Å². The maximum atomic E-state index is 12.4. The molecule has 0 saturated heterocycles. The molecular formula is C21H17ClN4O2. The van der Waals surface area contributed by atoms with Crippen molar-refractivity contribution < 1.29 is 9.53 Å². The van der Waals surface area contributed by atoms with Gasteiger partial charge in [0.05, 0.1) is 17.8 Å². The average molecular weight is 393 g/mol. The molecule has 6 nitrogen and oxygen atoms in total. The SMILES string of the molecule is COc1ccc(-n2nc3ccc(NC(=O)c4ccc(C)cc4)cc3n2)cc1Cl. The number of aryl methyl sites for hydroxylation is 1. The molecule has 140 valence electrons. The quantitative estimate of drug-likeness (QED) is 0.549. The summed E-state index contributed by atoms with van der Waals surface area (Å²) >= 11 is 6.19. The van der Waals surface area contributed by atoms with E-state index in [9.17, 15) is 4.79 Å². The number of hydrogen-bond acceptors (Lipinski definition) is 4. The summed E-state index contributed by atoms with van der Waals surface area (Å²) in [5.41, 5.74) is 4.44. The molecule has 0 saturated carbocycles. The number of carbonyl (C=O) groups excluding carboxylic acids is 1. The van der Waals surface area contributed by atoms with Crippen LogP contribution in [0.3, 0.4) is 0 Å². The van der Waals surface area contributed by atoms with Crippen LogP contribution in [0, 0.1) is 6.92 Å². The van der Waals surface area contributed by atoms with Gasteiger partial charge in [0.1, 0.15) is 16.8 Å². The summed E-state index contributed by atoms with van der Waals surface area (Å²) in [6.45, 7) is 1.98. The zero-order chi connectivity index (χ0) is 19.7. The number of halogens is 1. The van der Waals surface area contributed by atoms with Gasteiger partial charge in [-0.1, -0.05) is 29.3 Å². The van der Waals surface area contributed by atoms with Gasteiger partial charge in [-0.05, 0) is 55.5 Å². The number of hydrogen-bond donors (Lipinski definition) is 1. The molecular weight excluding hydrogens is 376 g/mol. The molecule has 28 heavy (non-hydrogen) atoms. The highest BCUT2D eigenvalue weighted by Gasteiger charge is 2.10. The van der Waals surface area contributed by atoms with Crippen LogP contribution in [-0.4, -0.2) is 28.0 Å². The first kappa shape index (κ1) is 18.0. The molecule has 1 amide bonds. The van der Waals surface area contributed by atoms with Gasteiger partial charge in [-0.3, -0.25) is 4.79 Å². The van der Waals surface area contributed by atoms with Gasteiger partial charge in [-0.2, -0.15) is 4.80 Å². The van der Waals surface area contributed by atoms with Crippen molar-refractivity contribution in [3.8, 4) is 11.4 Å². The van der Waals surface area contributed by atoms with Crippen LogP contribution in [0.1, 0.15) is 15.9 Å². The molecule has 0 bridgehead atoms. The number of rotatable bonds is 4. The minimum Gasteiger partial charge on any atom is -0.495 e. The monoisotopic (exact) mass is 392 g/mol. The molecule has 3 aromatic carbocycles. The van der Waals surface area contributed by atoms with E-state index in [1.165, 1.54) is 4.80 Å². The number of carbonyl (C=O) groups is 1. The van der Waals surface area contributed by atoms with Crippen LogP contribution < -0.4 is 10.1 Å². The highest BCUT2D eigenvalue weighted by molar-refractivity contribution is 6.32. The zero-order valence-corrected chi connectivity index (χ0v) is 16.1. The molecule has 0 unspecified atom stereocenters. The maximum absolute atomic E-state index is 12.4. The van der Waals surface area contributed by atoms with E-state index in [0.29, 0.717) is 38.7 Å². The van der Waals surface area contributed by atoms with E-state index >= 15 is 0 Å². The van der Waals surface area contributed by atoms with E-state index < -0.39 is 0 Å². The third-order valence-corrected chi connectivity index (χ3v) is 4.61. The van der Waals surface area contributed by atoms with E-state index in [-0.39, 0.29) is 5.91 Å². The van der Waals surface area contributed by atoms with Crippen LogP contribution in [0.15, 0.2) is 60.7 Å². The number of nitrogens with one attached hydrogen (secondary N) is 1. The highest BCUT2D eigenvalue weighted by Crippen LogP contribution is 2.27. The molecule has 0 aliphatic carbocycles. The van der Waals surface area contributed by atoms with Crippen molar-refractivity contribution >= 4 is 34.2 Å². The Bertz CT molecular complexity index is 1170. The lowest BCUT2D eigenvalue weighted by molar-refractivity contribution is 0.102. The van der Waals surface area contributed by atoms with Crippen molar-refractivity contribution in [1.82, 2.24) is 15.0 Å². The Labute approximate surface area is 166 Å². The Morgan fingerprint density at radius 3 is 2.46 bits per heavy atom. The number of nitrogens with zero attached hydrogens (tertiary/aromatic N) is 3. The topological polar surface area (TPSA) is 69.0 Å². The van der Waals surface area contributed by atoms with Crippen molar-refractivity contribution in [3.05, 3.63) is 76.8 Å². The summed E-state index contributed by atoms with van der Waals surface area (Å²) in [5.74, 6) is 0.414. The number of methoxy groups -OCH3 is 1. The lowest BCUT2D eigenvalue weighted by Crippen LogP contribution is -2.11. The van der Waals surface area contributed by atoms with Crippen LogP contribution in [-0.2, 0) is 0 Å². The summed E-state index contributed by atoms with van der Waals surface area (Å²) in [5, 5.41) is 12.3. The minimum absolute atomic E-state index is 0.173. The Morgan fingerprint density at radius 1 is 1.00 bits per heavy atom. The van der Waals surface area contributed by atoms with Crippen molar-refractivity contribution in [2.24, 2.45) is 0 Å². The molecule has 0 spiro atoms. The van der Waals surface area contributed by atoms with E-state index in [2.05, 4.69) is 15.5 Å². The fraction of sp³-hybridized carbons (Fsp3) is 0.0952. The molecule has 0 radical (unpaired) electrons. The molecule has 0 aliphatic rings. The Morgan fingerprint density at radius 2 is 1.75 bits per heavy atom. The molecule has 1 heterocycles. The predicted molar refractivity (Wildman–Crippen MR) is 110 cm³/mol. The number of amides is 1. The molecule has 7 heteroatoms. The molecule has 1 N–H and O–H groups in total. The normalized spacial score (nSPS) is 10.8. The van der Waals surface area contributed by atoms with Crippen molar-refractivity contribution in [2.45, 2.75) is 6.92 Å². The summed E-state index contributed by atoms with van der Waals surface area (Å²) < 4.78 is 5.17. The summed E-state index contributed by atoms with van der Waals surface area (Å²) in [6, 6.07) is 18.1. The second-order valence-electron chi connectivity index (χ2n) is 6.33. The summed E-state index contributed by atoms with van der Waals surface area (Å²) in [7, 11) is 1.56. The standard InChI is InChI=1S/C21H17ClN4O2/c1-13-3-5-14(6-4-13)21(27)23-15-7-9-18-19(11-15)25-26(24-18)16-8-10-20(28-2)17(22)12-16/h3-12H,1-2H3,(H,23,27). The third kappa shape index (κ3) is 3.54. The van der Waals surface area contributed by atoms with E-state index in [1.54, 1.807) is 43.5 Å². The van der Waals surface area contributed by atoms with Crippen LogP contribution in [0.2, 0.25) is 5.02 Å². The van der Waals surface area contributed by atoms with Crippen LogP contribution in [0.5, 0.6) is 5.75 Å². The van der Waals surface area contributed by atoms with Gasteiger partial charge in [0, 0.05) is 11.3 Å². The van der Waals surface area contributed by atoms with E-state index in [0.717, 1.165) is 5.56 Å². The predicted octanol–water partition coefficient (Wildman–Crippen LogP) is 4.64. The first-order valence-electron chi connectivity index (χ1n) is 8.62. The first-order chi connectivity index (χ1) is 13.5. The number of anilines is 1. The lowest BCUT2D eigenvalue weighted by Gasteiger charge is -2.05. The van der Waals surface area contributed by atoms with E-state index in [1.807, 2.05) is 31.2 Å². The van der Waals surface area contributed by atoms with Gasteiger partial charge in [0.2, 0.25) is 0 Å². The van der Waals surface area contributed by atoms with Gasteiger partial charge in [-0.25, -0.2) is 0 Å². The molecule has 4 aromatic rings. The smallest absolute Gasteiger partial charge is 0.255 e. The number of aromatic nitrogens is 3. The maximum Gasteiger partial charge on any atom is 0.255 e. The van der Waals surface area contributed by atoms with Gasteiger partial charge < -0.3 is 10.1 Å². The van der Waals surface area contributed by atoms with Crippen molar-refractivity contribution in [1.29, 1.82) is 0 Å². The van der Waals surface area contributed by atoms with Gasteiger partial charge in [0.25, 0.3) is 5.91 Å². The fourth-order valence-electron chi connectivity index (χ4n) is 2.80. The molecule has 4 rings (SSSR count). The highest BCUT2D eigenvalue weighted by atomic mass is 35.5. The molecule has 0 aliphatic heterocycles. The van der Waals surface area contributed by atoms with Gasteiger partial charge in [-0.15, -0.1) is 10.2 Å². The largest absolute Gasteiger partial charge is 0.495 e. The second kappa shape index (κ2) is 7.32. The number of benzene rings is 3. The minimum atomic E-state index is -0.173. The summed E-state index contributed by atoms with van der Waals surface area (Å²) in [6.07, 6.45) is 0.